The lowest BCUT2D eigenvalue weighted by Gasteiger charge is -2.41. The van der Waals surface area contributed by atoms with Crippen LogP contribution < -0.4 is 16.2 Å². The summed E-state index contributed by atoms with van der Waals surface area (Å²) in [6.07, 6.45) is 2.89. The van der Waals surface area contributed by atoms with Crippen molar-refractivity contribution in [1.29, 1.82) is 0 Å². The summed E-state index contributed by atoms with van der Waals surface area (Å²) in [6.45, 7) is -0.0867. The lowest BCUT2D eigenvalue weighted by Crippen LogP contribution is -2.52. The van der Waals surface area contributed by atoms with Gasteiger partial charge in [-0.3, -0.25) is 4.79 Å². The second kappa shape index (κ2) is 7.97. The van der Waals surface area contributed by atoms with Crippen molar-refractivity contribution in [1.82, 2.24) is 19.6 Å². The van der Waals surface area contributed by atoms with E-state index in [1.54, 1.807) is 0 Å². The largest absolute Gasteiger partial charge is 0.382 e. The molecular formula is C17H20F2N6O3S. The third-order valence-corrected chi connectivity index (χ3v) is 6.15. The molecule has 5 N–H and O–H groups in total. The highest BCUT2D eigenvalue weighted by molar-refractivity contribution is 7.86. The quantitative estimate of drug-likeness (QED) is 0.627. The Hall–Kier alpha value is -2.70. The first-order valence-electron chi connectivity index (χ1n) is 8.70. The van der Waals surface area contributed by atoms with E-state index in [4.69, 9.17) is 10.9 Å². The van der Waals surface area contributed by atoms with Crippen molar-refractivity contribution < 1.29 is 22.0 Å². The molecule has 0 atom stereocenters. The minimum absolute atomic E-state index is 0.00205. The van der Waals surface area contributed by atoms with Gasteiger partial charge in [0.05, 0.1) is 0 Å². The molecule has 2 aromatic rings. The first kappa shape index (κ1) is 21.0. The van der Waals surface area contributed by atoms with E-state index >= 15 is 0 Å². The van der Waals surface area contributed by atoms with E-state index in [9.17, 15) is 22.0 Å². The molecule has 0 unspecified atom stereocenters. The number of amides is 1. The van der Waals surface area contributed by atoms with Gasteiger partial charge in [-0.2, -0.15) is 12.7 Å². The van der Waals surface area contributed by atoms with Crippen LogP contribution in [0.4, 0.5) is 14.6 Å². The zero-order chi connectivity index (χ0) is 21.2. The van der Waals surface area contributed by atoms with E-state index in [-0.39, 0.29) is 49.6 Å². The fourth-order valence-corrected chi connectivity index (χ4v) is 4.16. The van der Waals surface area contributed by atoms with Crippen LogP contribution >= 0.6 is 0 Å². The van der Waals surface area contributed by atoms with Gasteiger partial charge >= 0.3 is 0 Å². The number of nitrogens with two attached hydrogens (primary N) is 2. The molecule has 1 aliphatic heterocycles. The second-order valence-corrected chi connectivity index (χ2v) is 8.37. The monoisotopic (exact) mass is 426 g/mol. The van der Waals surface area contributed by atoms with Crippen molar-refractivity contribution in [3.8, 4) is 0 Å². The lowest BCUT2D eigenvalue weighted by molar-refractivity contribution is 0.0927. The average molecular weight is 426 g/mol. The Bertz CT molecular complexity index is 1030. The van der Waals surface area contributed by atoms with Gasteiger partial charge in [0.15, 0.2) is 11.5 Å². The fraction of sp³-hybridized carbons (Fsp3) is 0.353. The Morgan fingerprint density at radius 3 is 2.48 bits per heavy atom. The number of hydrogen-bond acceptors (Lipinski definition) is 6. The minimum Gasteiger partial charge on any atom is -0.382 e. The summed E-state index contributed by atoms with van der Waals surface area (Å²) in [5.41, 5.74) is 4.57. The molecule has 1 aromatic heterocycles. The smallest absolute Gasteiger partial charge is 0.276 e. The minimum atomic E-state index is -3.91. The number of nitrogens with one attached hydrogen (secondary N) is 1. The van der Waals surface area contributed by atoms with E-state index in [0.29, 0.717) is 0 Å². The molecule has 0 radical (unpaired) electrons. The van der Waals surface area contributed by atoms with Crippen molar-refractivity contribution in [2.24, 2.45) is 5.14 Å². The summed E-state index contributed by atoms with van der Waals surface area (Å²) in [6, 6.07) is 3.05. The zero-order valence-electron chi connectivity index (χ0n) is 15.3. The van der Waals surface area contributed by atoms with E-state index in [0.717, 1.165) is 22.5 Å². The maximum atomic E-state index is 14.6. The van der Waals surface area contributed by atoms with Gasteiger partial charge in [-0.25, -0.2) is 23.9 Å². The third kappa shape index (κ3) is 4.49. The molecule has 1 amide bonds. The van der Waals surface area contributed by atoms with Gasteiger partial charge in [0.25, 0.3) is 16.1 Å². The average Bonchev–Trinajstić information content (AvgIpc) is 2.68. The Balaban J connectivity index is 1.89. The van der Waals surface area contributed by atoms with Crippen molar-refractivity contribution in [2.75, 3.05) is 25.4 Å². The first-order valence-corrected chi connectivity index (χ1v) is 10.2. The van der Waals surface area contributed by atoms with Crippen LogP contribution in [0.25, 0.3) is 0 Å². The van der Waals surface area contributed by atoms with E-state index in [1.165, 1.54) is 12.4 Å². The lowest BCUT2D eigenvalue weighted by atomic mass is 9.72. The number of benzene rings is 1. The van der Waals surface area contributed by atoms with Crippen LogP contribution in [0.15, 0.2) is 30.6 Å². The maximum Gasteiger partial charge on any atom is 0.276 e. The number of anilines is 1. The van der Waals surface area contributed by atoms with Crippen molar-refractivity contribution >= 4 is 21.9 Å². The van der Waals surface area contributed by atoms with E-state index in [2.05, 4.69) is 15.3 Å². The number of nitrogens with zero attached hydrogens (tertiary/aromatic N) is 3. The molecule has 0 saturated carbocycles. The molecule has 29 heavy (non-hydrogen) atoms. The zero-order valence-corrected chi connectivity index (χ0v) is 16.1. The third-order valence-electron chi connectivity index (χ3n) is 5.07. The van der Waals surface area contributed by atoms with E-state index in [1.807, 2.05) is 0 Å². The standard InChI is InChI=1S/C17H20F2N6O3S/c18-11-1-2-13(19)12(9-11)17(3-7-25(8-4-17)29(21,27)28)10-24-16(26)14-15(20)23-6-5-22-14/h1-2,5-6,9H,3-4,7-8,10H2,(H2,20,23)(H,24,26)(H2,21,27,28). The van der Waals surface area contributed by atoms with Crippen molar-refractivity contribution in [3.63, 3.8) is 0 Å². The van der Waals surface area contributed by atoms with Crippen LogP contribution in [-0.4, -0.2) is 48.2 Å². The Morgan fingerprint density at radius 2 is 1.86 bits per heavy atom. The Morgan fingerprint density at radius 1 is 1.21 bits per heavy atom. The summed E-state index contributed by atoms with van der Waals surface area (Å²) in [5, 5.41) is 7.81. The maximum absolute atomic E-state index is 14.6. The molecule has 12 heteroatoms. The summed E-state index contributed by atoms with van der Waals surface area (Å²) in [4.78, 5) is 20.1. The number of hydrogen-bond donors (Lipinski definition) is 3. The molecule has 3 rings (SSSR count). The summed E-state index contributed by atoms with van der Waals surface area (Å²) < 4.78 is 52.7. The van der Waals surface area contributed by atoms with Crippen LogP contribution in [0.3, 0.4) is 0 Å². The van der Waals surface area contributed by atoms with Gasteiger partial charge < -0.3 is 11.1 Å². The molecule has 156 valence electrons. The molecule has 1 saturated heterocycles. The second-order valence-electron chi connectivity index (χ2n) is 6.82. The topological polar surface area (TPSA) is 144 Å². The predicted octanol–water partition coefficient (Wildman–Crippen LogP) is 0.304. The van der Waals surface area contributed by atoms with Gasteiger partial charge in [0.1, 0.15) is 11.6 Å². The Labute approximate surface area is 166 Å². The number of rotatable bonds is 5. The van der Waals surface area contributed by atoms with Gasteiger partial charge in [0, 0.05) is 37.4 Å². The van der Waals surface area contributed by atoms with Crippen molar-refractivity contribution in [2.45, 2.75) is 18.3 Å². The highest BCUT2D eigenvalue weighted by Crippen LogP contribution is 2.37. The van der Waals surface area contributed by atoms with Crippen LogP contribution in [-0.2, 0) is 15.6 Å². The molecule has 1 aromatic carbocycles. The SMILES string of the molecule is Nc1nccnc1C(=O)NCC1(c2cc(F)ccc2F)CCN(S(N)(=O)=O)CC1. The highest BCUT2D eigenvalue weighted by Gasteiger charge is 2.41. The number of aromatic nitrogens is 2. The van der Waals surface area contributed by atoms with Gasteiger partial charge in [-0.1, -0.05) is 0 Å². The van der Waals surface area contributed by atoms with Gasteiger partial charge in [-0.05, 0) is 36.6 Å². The predicted molar refractivity (Wildman–Crippen MR) is 101 cm³/mol. The number of nitrogen functional groups attached to an aromatic ring is 1. The number of carbonyl (C=O) groups is 1. The summed E-state index contributed by atoms with van der Waals surface area (Å²) >= 11 is 0. The summed E-state index contributed by atoms with van der Waals surface area (Å²) in [5.74, 6) is -1.98. The van der Waals surface area contributed by atoms with Crippen LogP contribution in [0.5, 0.6) is 0 Å². The van der Waals surface area contributed by atoms with Gasteiger partial charge in [0.2, 0.25) is 0 Å². The number of piperidine rings is 1. The number of carbonyl (C=O) groups excluding carboxylic acids is 1. The number of halogens is 2. The highest BCUT2D eigenvalue weighted by atomic mass is 32.2. The first-order chi connectivity index (χ1) is 13.6. The molecule has 9 nitrogen and oxygen atoms in total. The fourth-order valence-electron chi connectivity index (χ4n) is 3.47. The van der Waals surface area contributed by atoms with Crippen LogP contribution in [0.2, 0.25) is 0 Å². The molecule has 0 spiro atoms. The molecule has 2 heterocycles. The molecule has 0 bridgehead atoms. The molecule has 0 aliphatic carbocycles. The van der Waals surface area contributed by atoms with Crippen LogP contribution in [0.1, 0.15) is 28.9 Å². The molecule has 1 aliphatic rings. The summed E-state index contributed by atoms with van der Waals surface area (Å²) in [7, 11) is -3.91. The van der Waals surface area contributed by atoms with Gasteiger partial charge in [-0.15, -0.1) is 0 Å². The molecule has 1 fully saturated rings. The molecular weight excluding hydrogens is 406 g/mol. The van der Waals surface area contributed by atoms with Crippen LogP contribution in [0, 0.1) is 11.6 Å². The van der Waals surface area contributed by atoms with E-state index < -0.39 is 33.2 Å². The Kier molecular flexibility index (Phi) is 5.78. The van der Waals surface area contributed by atoms with Crippen molar-refractivity contribution in [3.05, 3.63) is 53.5 Å². The normalized spacial score (nSPS) is 17.1.